The maximum atomic E-state index is 5.55. The smallest absolute Gasteiger partial charge is 0.186 e. The number of nitrogens with one attached hydrogen (secondary N) is 1. The van der Waals surface area contributed by atoms with Crippen LogP contribution in [-0.4, -0.2) is 36.8 Å². The molecule has 1 aromatic rings. The minimum atomic E-state index is 0.0459. The van der Waals surface area contributed by atoms with Gasteiger partial charge in [-0.1, -0.05) is 6.92 Å². The fourth-order valence-corrected chi connectivity index (χ4v) is 3.12. The van der Waals surface area contributed by atoms with Gasteiger partial charge in [-0.3, -0.25) is 0 Å². The van der Waals surface area contributed by atoms with E-state index in [1.165, 1.54) is 0 Å². The molecule has 1 aliphatic heterocycles. The molecule has 0 unspecified atom stereocenters. The molecule has 0 amide bonds. The van der Waals surface area contributed by atoms with Crippen LogP contribution in [0.2, 0.25) is 0 Å². The average Bonchev–Trinajstić information content (AvgIpc) is 2.77. The second-order valence-electron chi connectivity index (χ2n) is 5.31. The quantitative estimate of drug-likeness (QED) is 0.832. The van der Waals surface area contributed by atoms with Gasteiger partial charge in [0.05, 0.1) is 24.4 Å². The zero-order valence-corrected chi connectivity index (χ0v) is 12.3. The normalized spacial score (nSPS) is 19.2. The van der Waals surface area contributed by atoms with Gasteiger partial charge in [0, 0.05) is 18.5 Å². The molecule has 0 atom stereocenters. The third kappa shape index (κ3) is 3.22. The van der Waals surface area contributed by atoms with E-state index in [0.29, 0.717) is 0 Å². The molecule has 0 bridgehead atoms. The highest BCUT2D eigenvalue weighted by molar-refractivity contribution is 7.13. The topological polar surface area (TPSA) is 37.4 Å². The van der Waals surface area contributed by atoms with Crippen molar-refractivity contribution in [1.29, 1.82) is 0 Å². The molecule has 1 N–H and O–H groups in total. The van der Waals surface area contributed by atoms with Crippen LogP contribution in [0.15, 0.2) is 5.38 Å². The second kappa shape index (κ2) is 5.99. The number of morpholine rings is 1. The van der Waals surface area contributed by atoms with Crippen molar-refractivity contribution in [3.8, 4) is 0 Å². The van der Waals surface area contributed by atoms with E-state index in [-0.39, 0.29) is 5.54 Å². The maximum absolute atomic E-state index is 5.55. The summed E-state index contributed by atoms with van der Waals surface area (Å²) < 4.78 is 5.55. The Labute approximate surface area is 113 Å². The van der Waals surface area contributed by atoms with E-state index in [9.17, 15) is 0 Å². The van der Waals surface area contributed by atoms with Crippen LogP contribution in [0.25, 0.3) is 0 Å². The van der Waals surface area contributed by atoms with E-state index >= 15 is 0 Å². The predicted molar refractivity (Wildman–Crippen MR) is 76.4 cm³/mol. The first-order chi connectivity index (χ1) is 8.63. The minimum absolute atomic E-state index is 0.0459. The van der Waals surface area contributed by atoms with Gasteiger partial charge < -0.3 is 15.0 Å². The lowest BCUT2D eigenvalue weighted by Gasteiger charge is -2.42. The van der Waals surface area contributed by atoms with Crippen LogP contribution in [0, 0.1) is 0 Å². The Bertz CT molecular complexity index is 378. The Kier molecular flexibility index (Phi) is 4.59. The molecule has 1 saturated heterocycles. The SMILES string of the molecule is CCCNCc1csc(N2CCOCC2(C)C)n1. The molecule has 2 rings (SSSR count). The monoisotopic (exact) mass is 269 g/mol. The highest BCUT2D eigenvalue weighted by Crippen LogP contribution is 2.29. The molecule has 2 heterocycles. The second-order valence-corrected chi connectivity index (χ2v) is 6.15. The summed E-state index contributed by atoms with van der Waals surface area (Å²) in [6.07, 6.45) is 1.16. The lowest BCUT2D eigenvalue weighted by molar-refractivity contribution is 0.0643. The highest BCUT2D eigenvalue weighted by atomic mass is 32.1. The fourth-order valence-electron chi connectivity index (χ4n) is 2.11. The number of anilines is 1. The van der Waals surface area contributed by atoms with Gasteiger partial charge in [0.1, 0.15) is 0 Å². The Morgan fingerprint density at radius 2 is 2.39 bits per heavy atom. The molecule has 102 valence electrons. The van der Waals surface area contributed by atoms with Crippen LogP contribution >= 0.6 is 11.3 Å². The number of aromatic nitrogens is 1. The van der Waals surface area contributed by atoms with Gasteiger partial charge in [0.25, 0.3) is 0 Å². The zero-order valence-electron chi connectivity index (χ0n) is 11.5. The van der Waals surface area contributed by atoms with E-state index in [2.05, 4.69) is 36.4 Å². The minimum Gasteiger partial charge on any atom is -0.377 e. The summed E-state index contributed by atoms with van der Waals surface area (Å²) in [5, 5.41) is 6.67. The van der Waals surface area contributed by atoms with E-state index in [4.69, 9.17) is 9.72 Å². The standard InChI is InChI=1S/C13H23N3OS/c1-4-5-14-8-11-9-18-12(15-11)16-6-7-17-10-13(16,2)3/h9,14H,4-8,10H2,1-3H3. The number of ether oxygens (including phenoxy) is 1. The van der Waals surface area contributed by atoms with Crippen molar-refractivity contribution in [2.45, 2.75) is 39.3 Å². The Hall–Kier alpha value is -0.650. The van der Waals surface area contributed by atoms with Gasteiger partial charge in [0.15, 0.2) is 5.13 Å². The van der Waals surface area contributed by atoms with Crippen LogP contribution in [0.1, 0.15) is 32.9 Å². The van der Waals surface area contributed by atoms with Crippen molar-refractivity contribution in [2.24, 2.45) is 0 Å². The average molecular weight is 269 g/mol. The van der Waals surface area contributed by atoms with Gasteiger partial charge in [-0.25, -0.2) is 4.98 Å². The molecule has 1 aromatic heterocycles. The summed E-state index contributed by atoms with van der Waals surface area (Å²) in [4.78, 5) is 7.09. The van der Waals surface area contributed by atoms with Gasteiger partial charge in [-0.2, -0.15) is 0 Å². The van der Waals surface area contributed by atoms with Crippen LogP contribution in [0.3, 0.4) is 0 Å². The summed E-state index contributed by atoms with van der Waals surface area (Å²) in [6.45, 7) is 11.0. The Morgan fingerprint density at radius 1 is 1.56 bits per heavy atom. The lowest BCUT2D eigenvalue weighted by Crippen LogP contribution is -2.53. The molecule has 18 heavy (non-hydrogen) atoms. The first-order valence-electron chi connectivity index (χ1n) is 6.64. The summed E-state index contributed by atoms with van der Waals surface area (Å²) in [5.74, 6) is 0. The molecule has 0 aliphatic carbocycles. The van der Waals surface area contributed by atoms with E-state index in [1.807, 2.05) is 0 Å². The van der Waals surface area contributed by atoms with E-state index in [0.717, 1.165) is 50.1 Å². The maximum Gasteiger partial charge on any atom is 0.186 e. The van der Waals surface area contributed by atoms with Gasteiger partial charge in [-0.15, -0.1) is 11.3 Å². The van der Waals surface area contributed by atoms with Crippen LogP contribution in [-0.2, 0) is 11.3 Å². The van der Waals surface area contributed by atoms with Crippen molar-refractivity contribution in [3.63, 3.8) is 0 Å². The van der Waals surface area contributed by atoms with Gasteiger partial charge in [0.2, 0.25) is 0 Å². The highest BCUT2D eigenvalue weighted by Gasteiger charge is 2.32. The summed E-state index contributed by atoms with van der Waals surface area (Å²) >= 11 is 1.74. The number of nitrogens with zero attached hydrogens (tertiary/aromatic N) is 2. The molecule has 5 heteroatoms. The van der Waals surface area contributed by atoms with E-state index in [1.54, 1.807) is 11.3 Å². The van der Waals surface area contributed by atoms with Crippen molar-refractivity contribution in [1.82, 2.24) is 10.3 Å². The predicted octanol–water partition coefficient (Wildman–Crippen LogP) is 2.26. The zero-order chi connectivity index (χ0) is 13.0. The Balaban J connectivity index is 2.00. The molecule has 4 nitrogen and oxygen atoms in total. The Morgan fingerprint density at radius 3 is 3.11 bits per heavy atom. The molecule has 1 aliphatic rings. The van der Waals surface area contributed by atoms with Crippen LogP contribution < -0.4 is 10.2 Å². The fraction of sp³-hybridized carbons (Fsp3) is 0.769. The molecule has 1 fully saturated rings. The first-order valence-corrected chi connectivity index (χ1v) is 7.52. The molecule has 0 aromatic carbocycles. The van der Waals surface area contributed by atoms with Crippen LogP contribution in [0.5, 0.6) is 0 Å². The van der Waals surface area contributed by atoms with Gasteiger partial charge in [-0.05, 0) is 26.8 Å². The van der Waals surface area contributed by atoms with Crippen LogP contribution in [0.4, 0.5) is 5.13 Å². The summed E-state index contributed by atoms with van der Waals surface area (Å²) in [7, 11) is 0. The first kappa shape index (κ1) is 13.8. The third-order valence-corrected chi connectivity index (χ3v) is 4.06. The lowest BCUT2D eigenvalue weighted by atomic mass is 10.0. The van der Waals surface area contributed by atoms with Crippen molar-refractivity contribution >= 4 is 16.5 Å². The molecule has 0 saturated carbocycles. The molecular weight excluding hydrogens is 246 g/mol. The molecule has 0 spiro atoms. The summed E-state index contributed by atoms with van der Waals surface area (Å²) in [5.41, 5.74) is 1.19. The third-order valence-electron chi connectivity index (χ3n) is 3.15. The summed E-state index contributed by atoms with van der Waals surface area (Å²) in [6, 6.07) is 0. The molecule has 0 radical (unpaired) electrons. The van der Waals surface area contributed by atoms with Crippen molar-refractivity contribution in [3.05, 3.63) is 11.1 Å². The van der Waals surface area contributed by atoms with Crippen molar-refractivity contribution < 1.29 is 4.74 Å². The van der Waals surface area contributed by atoms with Gasteiger partial charge >= 0.3 is 0 Å². The number of thiazole rings is 1. The number of hydrogen-bond donors (Lipinski definition) is 1. The largest absolute Gasteiger partial charge is 0.377 e. The number of rotatable bonds is 5. The number of hydrogen-bond acceptors (Lipinski definition) is 5. The molecular formula is C13H23N3OS. The van der Waals surface area contributed by atoms with Crippen molar-refractivity contribution in [2.75, 3.05) is 31.2 Å². The van der Waals surface area contributed by atoms with E-state index < -0.39 is 0 Å².